The van der Waals surface area contributed by atoms with Gasteiger partial charge in [0.25, 0.3) is 0 Å². The molecular weight excluding hydrogens is 723 g/mol. The fraction of sp³-hybridized carbons (Fsp3) is 0.0182. The van der Waals surface area contributed by atoms with Gasteiger partial charge in [0, 0.05) is 55.7 Å². The molecule has 1 aliphatic carbocycles. The Balaban J connectivity index is 1.05. The molecule has 2 aromatic heterocycles. The summed E-state index contributed by atoms with van der Waals surface area (Å²) < 4.78 is 20.0. The van der Waals surface area contributed by atoms with Gasteiger partial charge >= 0.3 is 0 Å². The summed E-state index contributed by atoms with van der Waals surface area (Å²) in [6, 6.07) is 71.0. The highest BCUT2D eigenvalue weighted by Crippen LogP contribution is 2.63. The Kier molecular flexibility index (Phi) is 6.62. The molecule has 9 aromatic carbocycles. The van der Waals surface area contributed by atoms with Crippen molar-refractivity contribution in [3.05, 3.63) is 222 Å². The van der Waals surface area contributed by atoms with Crippen LogP contribution in [0.5, 0.6) is 11.5 Å². The molecule has 0 unspecified atom stereocenters. The number of benzene rings is 9. The quantitative estimate of drug-likeness (QED) is 0.179. The van der Waals surface area contributed by atoms with Crippen LogP contribution in [0.2, 0.25) is 0 Å². The van der Waals surface area contributed by atoms with Crippen molar-refractivity contribution < 1.29 is 13.6 Å². The molecule has 4 nitrogen and oxygen atoms in total. The number of hydrogen-bond acceptors (Lipinski definition) is 4. The molecule has 0 radical (unpaired) electrons. The molecule has 13 rings (SSSR count). The van der Waals surface area contributed by atoms with Gasteiger partial charge in [-0.05, 0) is 94.5 Å². The van der Waals surface area contributed by atoms with E-state index in [9.17, 15) is 0 Å². The van der Waals surface area contributed by atoms with Crippen molar-refractivity contribution in [1.29, 1.82) is 0 Å². The highest BCUT2D eigenvalue weighted by molar-refractivity contribution is 6.16. The van der Waals surface area contributed by atoms with E-state index < -0.39 is 5.41 Å². The zero-order valence-electron chi connectivity index (χ0n) is 31.7. The molecule has 0 atom stereocenters. The molecule has 4 heteroatoms. The average molecular weight is 756 g/mol. The lowest BCUT2D eigenvalue weighted by Crippen LogP contribution is -2.32. The number of ether oxygens (including phenoxy) is 1. The van der Waals surface area contributed by atoms with Crippen LogP contribution in [0.15, 0.2) is 209 Å². The summed E-state index contributed by atoms with van der Waals surface area (Å²) in [6.07, 6.45) is 0. The molecule has 11 aromatic rings. The fourth-order valence-corrected chi connectivity index (χ4v) is 10.1. The maximum Gasteiger partial charge on any atom is 0.137 e. The highest BCUT2D eigenvalue weighted by atomic mass is 16.5. The van der Waals surface area contributed by atoms with Crippen molar-refractivity contribution in [3.63, 3.8) is 0 Å². The molecule has 1 aliphatic heterocycles. The summed E-state index contributed by atoms with van der Waals surface area (Å²) >= 11 is 0. The lowest BCUT2D eigenvalue weighted by atomic mass is 9.66. The summed E-state index contributed by atoms with van der Waals surface area (Å²) in [5.74, 6) is 1.75. The minimum atomic E-state index is -0.572. The first-order chi connectivity index (χ1) is 29.3. The van der Waals surface area contributed by atoms with Crippen molar-refractivity contribution in [2.24, 2.45) is 0 Å². The molecule has 59 heavy (non-hydrogen) atoms. The molecule has 0 fully saturated rings. The van der Waals surface area contributed by atoms with Crippen LogP contribution in [-0.2, 0) is 5.41 Å². The molecule has 1 spiro atoms. The van der Waals surface area contributed by atoms with Gasteiger partial charge in [0.15, 0.2) is 0 Å². The summed E-state index contributed by atoms with van der Waals surface area (Å²) in [5, 5.41) is 4.39. The third kappa shape index (κ3) is 4.43. The monoisotopic (exact) mass is 755 g/mol. The van der Waals surface area contributed by atoms with Gasteiger partial charge in [0.2, 0.25) is 0 Å². The van der Waals surface area contributed by atoms with Gasteiger partial charge in [-0.2, -0.15) is 0 Å². The first-order valence-corrected chi connectivity index (χ1v) is 20.1. The zero-order valence-corrected chi connectivity index (χ0v) is 31.7. The summed E-state index contributed by atoms with van der Waals surface area (Å²) in [4.78, 5) is 2.33. The van der Waals surface area contributed by atoms with E-state index in [0.29, 0.717) is 0 Å². The van der Waals surface area contributed by atoms with E-state index in [4.69, 9.17) is 13.6 Å². The Labute approximate surface area is 339 Å². The number of para-hydroxylation sites is 5. The molecule has 2 aliphatic rings. The van der Waals surface area contributed by atoms with Gasteiger partial charge in [0.1, 0.15) is 33.8 Å². The molecule has 0 amide bonds. The smallest absolute Gasteiger partial charge is 0.137 e. The van der Waals surface area contributed by atoms with E-state index in [0.717, 1.165) is 94.7 Å². The summed E-state index contributed by atoms with van der Waals surface area (Å²) in [5.41, 5.74) is 15.3. The van der Waals surface area contributed by atoms with Crippen LogP contribution in [0.4, 0.5) is 17.1 Å². The number of furan rings is 2. The summed E-state index contributed by atoms with van der Waals surface area (Å²) in [7, 11) is 0. The van der Waals surface area contributed by atoms with Gasteiger partial charge < -0.3 is 18.5 Å². The average Bonchev–Trinajstić information content (AvgIpc) is 3.94. The normalized spacial score (nSPS) is 13.4. The number of fused-ring (bicyclic) bond motifs is 15. The fourth-order valence-electron chi connectivity index (χ4n) is 10.1. The zero-order chi connectivity index (χ0) is 38.7. The van der Waals surface area contributed by atoms with E-state index in [1.54, 1.807) is 0 Å². The third-order valence-electron chi connectivity index (χ3n) is 12.5. The van der Waals surface area contributed by atoms with E-state index in [1.165, 1.54) is 22.3 Å². The predicted octanol–water partition coefficient (Wildman–Crippen LogP) is 15.1. The molecular formula is C55H33NO3. The van der Waals surface area contributed by atoms with Gasteiger partial charge in [-0.3, -0.25) is 0 Å². The standard InChI is InChI=1S/C55H33NO3/c1-2-15-34(16-3-1)56(35-29-30-39-38-19-6-11-25-48(38)57-52(39)31-35)47-24-10-5-18-37(47)40-20-14-28-51-54(40)42-32-41-36-17-4-7-21-43(36)55(46(41)33-53(42)59-51)44-22-8-12-26-49(44)58-50-27-13-9-23-45(50)55/h1-33H. The number of hydrogen-bond donors (Lipinski definition) is 0. The van der Waals surface area contributed by atoms with Crippen molar-refractivity contribution in [2.45, 2.75) is 5.41 Å². The van der Waals surface area contributed by atoms with E-state index >= 15 is 0 Å². The first kappa shape index (κ1) is 32.3. The second-order valence-corrected chi connectivity index (χ2v) is 15.5. The maximum atomic E-state index is 6.94. The van der Waals surface area contributed by atoms with Gasteiger partial charge in [0.05, 0.1) is 11.1 Å². The molecule has 276 valence electrons. The van der Waals surface area contributed by atoms with E-state index in [2.05, 4.69) is 193 Å². The van der Waals surface area contributed by atoms with Crippen LogP contribution in [0, 0.1) is 0 Å². The minimum absolute atomic E-state index is 0.572. The van der Waals surface area contributed by atoms with Crippen LogP contribution in [0.25, 0.3) is 66.1 Å². The largest absolute Gasteiger partial charge is 0.457 e. The van der Waals surface area contributed by atoms with Crippen molar-refractivity contribution in [3.8, 4) is 33.8 Å². The lowest BCUT2D eigenvalue weighted by molar-refractivity contribution is 0.436. The lowest BCUT2D eigenvalue weighted by Gasteiger charge is -2.39. The van der Waals surface area contributed by atoms with Crippen LogP contribution in [0.3, 0.4) is 0 Å². The van der Waals surface area contributed by atoms with Crippen molar-refractivity contribution >= 4 is 60.9 Å². The van der Waals surface area contributed by atoms with Crippen LogP contribution >= 0.6 is 0 Å². The molecule has 0 saturated heterocycles. The third-order valence-corrected chi connectivity index (χ3v) is 12.5. The maximum absolute atomic E-state index is 6.94. The van der Waals surface area contributed by atoms with Crippen molar-refractivity contribution in [2.75, 3.05) is 4.90 Å². The number of nitrogens with zero attached hydrogens (tertiary/aromatic N) is 1. The number of rotatable bonds is 4. The topological polar surface area (TPSA) is 38.8 Å². The van der Waals surface area contributed by atoms with Crippen LogP contribution < -0.4 is 9.64 Å². The van der Waals surface area contributed by atoms with Crippen LogP contribution in [-0.4, -0.2) is 0 Å². The van der Waals surface area contributed by atoms with Crippen LogP contribution in [0.1, 0.15) is 22.3 Å². The predicted molar refractivity (Wildman–Crippen MR) is 238 cm³/mol. The Bertz CT molecular complexity index is 3460. The van der Waals surface area contributed by atoms with Gasteiger partial charge in [-0.25, -0.2) is 0 Å². The second kappa shape index (κ2) is 12.1. The van der Waals surface area contributed by atoms with Crippen molar-refractivity contribution in [1.82, 2.24) is 0 Å². The van der Waals surface area contributed by atoms with E-state index in [-0.39, 0.29) is 0 Å². The molecule has 0 N–H and O–H groups in total. The Morgan fingerprint density at radius 3 is 1.78 bits per heavy atom. The Morgan fingerprint density at radius 1 is 0.339 bits per heavy atom. The van der Waals surface area contributed by atoms with Gasteiger partial charge in [-0.15, -0.1) is 0 Å². The molecule has 3 heterocycles. The minimum Gasteiger partial charge on any atom is -0.457 e. The highest BCUT2D eigenvalue weighted by Gasteiger charge is 2.51. The SMILES string of the molecule is c1ccc(N(c2ccc3c(c2)oc2ccccc23)c2ccccc2-c2cccc3oc4cc5c(cc4c23)-c2ccccc2C52c3ccccc3Oc3ccccc32)cc1. The molecule has 0 bridgehead atoms. The first-order valence-electron chi connectivity index (χ1n) is 20.1. The Hall–Kier alpha value is -7.82. The van der Waals surface area contributed by atoms with E-state index in [1.807, 2.05) is 12.1 Å². The molecule has 0 saturated carbocycles. The second-order valence-electron chi connectivity index (χ2n) is 15.5. The van der Waals surface area contributed by atoms with Gasteiger partial charge in [-0.1, -0.05) is 127 Å². The summed E-state index contributed by atoms with van der Waals surface area (Å²) in [6.45, 7) is 0. The number of anilines is 3. The Morgan fingerprint density at radius 2 is 0.949 bits per heavy atom.